The molecule has 8 heteroatoms. The molecule has 0 radical (unpaired) electrons. The van der Waals surface area contributed by atoms with Gasteiger partial charge in [0, 0.05) is 18.2 Å². The molecule has 0 aliphatic carbocycles. The third-order valence-corrected chi connectivity index (χ3v) is 3.40. The summed E-state index contributed by atoms with van der Waals surface area (Å²) in [7, 11) is 0. The van der Waals surface area contributed by atoms with E-state index >= 15 is 0 Å². The van der Waals surface area contributed by atoms with Crippen LogP contribution < -0.4 is 5.73 Å². The van der Waals surface area contributed by atoms with Crippen LogP contribution >= 0.6 is 11.8 Å². The van der Waals surface area contributed by atoms with Crippen molar-refractivity contribution in [2.24, 2.45) is 0 Å². The van der Waals surface area contributed by atoms with Crippen LogP contribution in [0.2, 0.25) is 0 Å². The molecule has 112 valence electrons. The van der Waals surface area contributed by atoms with Crippen LogP contribution in [0.5, 0.6) is 0 Å². The summed E-state index contributed by atoms with van der Waals surface area (Å²) in [5.74, 6) is 1.01. The molecule has 2 N–H and O–H groups in total. The van der Waals surface area contributed by atoms with Gasteiger partial charge < -0.3 is 5.73 Å². The number of alkyl halides is 3. The number of aromatic nitrogens is 3. The number of hydrogen-bond acceptors (Lipinski definition) is 5. The molecule has 2 aromatic heterocycles. The van der Waals surface area contributed by atoms with E-state index in [-0.39, 0.29) is 5.92 Å². The Balaban J connectivity index is 2.22. The number of anilines is 1. The first-order chi connectivity index (χ1) is 9.75. The van der Waals surface area contributed by atoms with Crippen molar-refractivity contribution in [1.82, 2.24) is 15.0 Å². The molecule has 4 nitrogen and oxygen atoms in total. The predicted molar refractivity (Wildman–Crippen MR) is 73.9 cm³/mol. The van der Waals surface area contributed by atoms with Gasteiger partial charge in [0.25, 0.3) is 0 Å². The van der Waals surface area contributed by atoms with E-state index in [4.69, 9.17) is 5.73 Å². The molecule has 2 heterocycles. The van der Waals surface area contributed by atoms with Crippen molar-refractivity contribution in [1.29, 1.82) is 0 Å². The summed E-state index contributed by atoms with van der Waals surface area (Å²) in [4.78, 5) is 12.2. The molecule has 0 atom stereocenters. The Bertz CT molecular complexity index is 626. The van der Waals surface area contributed by atoms with Gasteiger partial charge in [0.1, 0.15) is 21.7 Å². The van der Waals surface area contributed by atoms with E-state index < -0.39 is 11.7 Å². The number of pyridine rings is 1. The van der Waals surface area contributed by atoms with Crippen molar-refractivity contribution in [3.8, 4) is 0 Å². The summed E-state index contributed by atoms with van der Waals surface area (Å²) < 4.78 is 37.4. The minimum atomic E-state index is -4.39. The highest BCUT2D eigenvalue weighted by Gasteiger charge is 2.30. The third-order valence-electron chi connectivity index (χ3n) is 2.53. The molecule has 0 amide bonds. The second-order valence-corrected chi connectivity index (χ2v) is 5.67. The Hall–Kier alpha value is -1.83. The molecule has 0 aliphatic heterocycles. The molecular weight excluding hydrogens is 301 g/mol. The van der Waals surface area contributed by atoms with Crippen molar-refractivity contribution < 1.29 is 13.2 Å². The maximum Gasteiger partial charge on any atom is 0.417 e. The van der Waals surface area contributed by atoms with Crippen LogP contribution in [0, 0.1) is 0 Å². The van der Waals surface area contributed by atoms with E-state index in [1.54, 1.807) is 6.07 Å². The topological polar surface area (TPSA) is 64.7 Å². The van der Waals surface area contributed by atoms with E-state index in [1.807, 2.05) is 13.8 Å². The Morgan fingerprint density at radius 1 is 1.14 bits per heavy atom. The number of rotatable bonds is 3. The summed E-state index contributed by atoms with van der Waals surface area (Å²) in [5.41, 5.74) is 4.92. The fourth-order valence-corrected chi connectivity index (χ4v) is 2.26. The Morgan fingerprint density at radius 3 is 2.38 bits per heavy atom. The van der Waals surface area contributed by atoms with Gasteiger partial charge in [-0.25, -0.2) is 15.0 Å². The van der Waals surface area contributed by atoms with Gasteiger partial charge in [-0.05, 0) is 23.9 Å². The first-order valence-corrected chi connectivity index (χ1v) is 6.93. The van der Waals surface area contributed by atoms with Gasteiger partial charge in [-0.2, -0.15) is 13.2 Å². The Morgan fingerprint density at radius 2 is 1.86 bits per heavy atom. The van der Waals surface area contributed by atoms with Gasteiger partial charge >= 0.3 is 6.18 Å². The first-order valence-electron chi connectivity index (χ1n) is 6.11. The lowest BCUT2D eigenvalue weighted by Gasteiger charge is -2.08. The lowest BCUT2D eigenvalue weighted by Crippen LogP contribution is -2.05. The molecule has 0 spiro atoms. The molecular formula is C13H13F3N4S. The average molecular weight is 314 g/mol. The molecule has 0 saturated carbocycles. The molecule has 2 rings (SSSR count). The van der Waals surface area contributed by atoms with E-state index in [9.17, 15) is 13.2 Å². The maximum absolute atomic E-state index is 12.5. The summed E-state index contributed by atoms with van der Waals surface area (Å²) in [6.45, 7) is 3.86. The highest BCUT2D eigenvalue weighted by atomic mass is 32.2. The van der Waals surface area contributed by atoms with Gasteiger partial charge in [-0.1, -0.05) is 13.8 Å². The summed E-state index contributed by atoms with van der Waals surface area (Å²) in [5, 5.41) is 0.967. The van der Waals surface area contributed by atoms with Gasteiger partial charge in [-0.15, -0.1) is 0 Å². The van der Waals surface area contributed by atoms with Crippen LogP contribution in [0.1, 0.15) is 31.2 Å². The molecule has 0 aromatic carbocycles. The maximum atomic E-state index is 12.5. The van der Waals surface area contributed by atoms with Gasteiger partial charge in [-0.3, -0.25) is 0 Å². The Kier molecular flexibility index (Phi) is 4.36. The SMILES string of the molecule is CC(C)c1nc(N)cc(Sc2ccc(C(F)(F)F)cn2)n1. The van der Waals surface area contributed by atoms with E-state index in [2.05, 4.69) is 15.0 Å². The summed E-state index contributed by atoms with van der Waals surface area (Å²) in [6, 6.07) is 3.86. The quantitative estimate of drug-likeness (QED) is 0.874. The van der Waals surface area contributed by atoms with Gasteiger partial charge in [0.15, 0.2) is 0 Å². The van der Waals surface area contributed by atoms with Crippen molar-refractivity contribution in [2.75, 3.05) is 5.73 Å². The lowest BCUT2D eigenvalue weighted by atomic mass is 10.2. The molecule has 0 fully saturated rings. The summed E-state index contributed by atoms with van der Waals surface area (Å²) in [6.07, 6.45) is -3.59. The second kappa shape index (κ2) is 5.88. The van der Waals surface area contributed by atoms with Crippen molar-refractivity contribution in [3.63, 3.8) is 0 Å². The lowest BCUT2D eigenvalue weighted by molar-refractivity contribution is -0.137. The number of nitrogen functional groups attached to an aromatic ring is 1. The first kappa shape index (κ1) is 15.6. The third kappa shape index (κ3) is 4.07. The van der Waals surface area contributed by atoms with Crippen LogP contribution in [-0.4, -0.2) is 15.0 Å². The van der Waals surface area contributed by atoms with Crippen LogP contribution in [0.4, 0.5) is 19.0 Å². The molecule has 21 heavy (non-hydrogen) atoms. The van der Waals surface area contributed by atoms with Crippen molar-refractivity contribution >= 4 is 17.6 Å². The van der Waals surface area contributed by atoms with E-state index in [0.717, 1.165) is 24.0 Å². The fourth-order valence-electron chi connectivity index (χ4n) is 1.49. The van der Waals surface area contributed by atoms with E-state index in [0.29, 0.717) is 21.7 Å². The predicted octanol–water partition coefficient (Wildman–Crippen LogP) is 3.75. The molecule has 0 aliphatic rings. The smallest absolute Gasteiger partial charge is 0.384 e. The number of hydrogen-bond donors (Lipinski definition) is 1. The molecule has 2 aromatic rings. The second-order valence-electron chi connectivity index (χ2n) is 4.63. The van der Waals surface area contributed by atoms with Crippen molar-refractivity contribution in [2.45, 2.75) is 36.0 Å². The van der Waals surface area contributed by atoms with Crippen LogP contribution in [0.3, 0.4) is 0 Å². The number of nitrogens with zero attached hydrogens (tertiary/aromatic N) is 3. The van der Waals surface area contributed by atoms with Gasteiger partial charge in [0.05, 0.1) is 5.56 Å². The standard InChI is InChI=1S/C13H13F3N4S/c1-7(2)12-19-9(17)5-11(20-12)21-10-4-3-8(6-18-10)13(14,15)16/h3-7H,1-2H3,(H2,17,19,20). The minimum Gasteiger partial charge on any atom is -0.384 e. The zero-order valence-corrected chi connectivity index (χ0v) is 12.2. The monoisotopic (exact) mass is 314 g/mol. The van der Waals surface area contributed by atoms with E-state index in [1.165, 1.54) is 6.07 Å². The molecule has 0 unspecified atom stereocenters. The van der Waals surface area contributed by atoms with Crippen LogP contribution in [0.25, 0.3) is 0 Å². The number of halogens is 3. The largest absolute Gasteiger partial charge is 0.417 e. The molecule has 0 saturated heterocycles. The highest BCUT2D eigenvalue weighted by molar-refractivity contribution is 7.99. The van der Waals surface area contributed by atoms with Crippen LogP contribution in [-0.2, 0) is 6.18 Å². The normalized spacial score (nSPS) is 11.9. The summed E-state index contributed by atoms with van der Waals surface area (Å²) >= 11 is 1.14. The van der Waals surface area contributed by atoms with Gasteiger partial charge in [0.2, 0.25) is 0 Å². The Labute approximate surface area is 124 Å². The zero-order valence-electron chi connectivity index (χ0n) is 11.3. The van der Waals surface area contributed by atoms with Crippen molar-refractivity contribution in [3.05, 3.63) is 35.8 Å². The number of nitrogens with two attached hydrogens (primary N) is 1. The average Bonchev–Trinajstić information content (AvgIpc) is 2.37. The minimum absolute atomic E-state index is 0.105. The molecule has 0 bridgehead atoms. The van der Waals surface area contributed by atoms with Crippen LogP contribution in [0.15, 0.2) is 34.4 Å². The zero-order chi connectivity index (χ0) is 15.6. The highest BCUT2D eigenvalue weighted by Crippen LogP contribution is 2.31. The fraction of sp³-hybridized carbons (Fsp3) is 0.308.